The first-order chi connectivity index (χ1) is 13.9. The van der Waals surface area contributed by atoms with Gasteiger partial charge in [-0.25, -0.2) is 17.9 Å². The van der Waals surface area contributed by atoms with Crippen LogP contribution in [0.2, 0.25) is 0 Å². The molecule has 0 aliphatic rings. The molecule has 0 bridgehead atoms. The van der Waals surface area contributed by atoms with Crippen molar-refractivity contribution in [2.24, 2.45) is 5.14 Å². The molecule has 0 unspecified atom stereocenters. The van der Waals surface area contributed by atoms with E-state index >= 15 is 0 Å². The van der Waals surface area contributed by atoms with Crippen molar-refractivity contribution in [1.29, 1.82) is 0 Å². The van der Waals surface area contributed by atoms with Crippen LogP contribution in [0.3, 0.4) is 0 Å². The first-order valence-electron chi connectivity index (χ1n) is 9.75. The largest absolute Gasteiger partial charge is 0.460 e. The van der Waals surface area contributed by atoms with E-state index in [-0.39, 0.29) is 16.7 Å². The molecule has 8 heteroatoms. The lowest BCUT2D eigenvalue weighted by atomic mass is 10.1. The number of hydrogen-bond acceptors (Lipinski definition) is 5. The Kier molecular flexibility index (Phi) is 7.97. The Labute approximate surface area is 177 Å². The second-order valence-electron chi connectivity index (χ2n) is 8.02. The number of carbonyl (C=O) groups is 1. The molecule has 0 spiro atoms. The fourth-order valence-electron chi connectivity index (χ4n) is 2.79. The summed E-state index contributed by atoms with van der Waals surface area (Å²) >= 11 is 0. The van der Waals surface area contributed by atoms with E-state index in [4.69, 9.17) is 14.6 Å². The maximum atomic E-state index is 14.1. The molecule has 0 aromatic heterocycles. The molecule has 0 fully saturated rings. The molecule has 0 saturated carbocycles. The SMILES string of the molecule is CC(C)(C)OC(=O)CCCCCc1cc(Oc2ccc(S(N)(=O)=O)cc2)ccc1F. The minimum Gasteiger partial charge on any atom is -0.460 e. The molecular weight excluding hydrogens is 409 g/mol. The van der Waals surface area contributed by atoms with E-state index in [1.54, 1.807) is 6.07 Å². The van der Waals surface area contributed by atoms with E-state index in [9.17, 15) is 17.6 Å². The molecule has 2 aromatic carbocycles. The van der Waals surface area contributed by atoms with Crippen molar-refractivity contribution in [1.82, 2.24) is 0 Å². The van der Waals surface area contributed by atoms with Gasteiger partial charge in [0.25, 0.3) is 0 Å². The smallest absolute Gasteiger partial charge is 0.306 e. The second kappa shape index (κ2) is 10.0. The Morgan fingerprint density at radius 1 is 1.00 bits per heavy atom. The van der Waals surface area contributed by atoms with Crippen molar-refractivity contribution >= 4 is 16.0 Å². The van der Waals surface area contributed by atoms with Gasteiger partial charge in [-0.05, 0) is 88.1 Å². The lowest BCUT2D eigenvalue weighted by Gasteiger charge is -2.19. The Bertz CT molecular complexity index is 966. The summed E-state index contributed by atoms with van der Waals surface area (Å²) in [7, 11) is -3.77. The van der Waals surface area contributed by atoms with Gasteiger partial charge in [0.2, 0.25) is 10.0 Å². The maximum absolute atomic E-state index is 14.1. The zero-order valence-electron chi connectivity index (χ0n) is 17.5. The first-order valence-corrected chi connectivity index (χ1v) is 11.3. The molecule has 2 N–H and O–H groups in total. The lowest BCUT2D eigenvalue weighted by Crippen LogP contribution is -2.23. The van der Waals surface area contributed by atoms with E-state index in [0.717, 1.165) is 12.8 Å². The molecule has 30 heavy (non-hydrogen) atoms. The zero-order valence-corrected chi connectivity index (χ0v) is 18.3. The molecule has 2 rings (SSSR count). The topological polar surface area (TPSA) is 95.7 Å². The van der Waals surface area contributed by atoms with Crippen LogP contribution in [0.1, 0.15) is 52.0 Å². The molecule has 0 radical (unpaired) electrons. The highest BCUT2D eigenvalue weighted by molar-refractivity contribution is 7.89. The Balaban J connectivity index is 1.87. The summed E-state index contributed by atoms with van der Waals surface area (Å²) < 4.78 is 47.7. The normalized spacial score (nSPS) is 11.9. The number of nitrogens with two attached hydrogens (primary N) is 1. The van der Waals surface area contributed by atoms with E-state index in [1.165, 1.54) is 36.4 Å². The molecular formula is C22H28FNO5S. The fourth-order valence-corrected chi connectivity index (χ4v) is 3.31. The van der Waals surface area contributed by atoms with Crippen LogP contribution in [0, 0.1) is 5.82 Å². The van der Waals surface area contributed by atoms with Crippen molar-refractivity contribution in [3.8, 4) is 11.5 Å². The van der Waals surface area contributed by atoms with Crippen molar-refractivity contribution < 1.29 is 27.1 Å². The molecule has 0 saturated heterocycles. The predicted octanol–water partition coefficient (Wildman–Crippen LogP) is 4.71. The third-order valence-corrected chi connectivity index (χ3v) is 5.08. The van der Waals surface area contributed by atoms with E-state index < -0.39 is 15.6 Å². The highest BCUT2D eigenvalue weighted by atomic mass is 32.2. The molecule has 0 heterocycles. The van der Waals surface area contributed by atoms with Crippen molar-refractivity contribution in [2.75, 3.05) is 0 Å². The van der Waals surface area contributed by atoms with Gasteiger partial charge in [-0.15, -0.1) is 0 Å². The maximum Gasteiger partial charge on any atom is 0.306 e. The minimum absolute atomic E-state index is 0.0129. The number of esters is 1. The summed E-state index contributed by atoms with van der Waals surface area (Å²) in [6, 6.07) is 10.1. The number of rotatable bonds is 9. The Morgan fingerprint density at radius 2 is 1.63 bits per heavy atom. The van der Waals surface area contributed by atoms with Gasteiger partial charge in [0.15, 0.2) is 0 Å². The molecule has 0 atom stereocenters. The van der Waals surface area contributed by atoms with Crippen molar-refractivity contribution in [3.63, 3.8) is 0 Å². The number of benzene rings is 2. The Morgan fingerprint density at radius 3 is 2.23 bits per heavy atom. The van der Waals surface area contributed by atoms with Gasteiger partial charge >= 0.3 is 5.97 Å². The van der Waals surface area contributed by atoms with Crippen molar-refractivity contribution in [2.45, 2.75) is 63.4 Å². The quantitative estimate of drug-likeness (QED) is 0.453. The average Bonchev–Trinajstić information content (AvgIpc) is 2.62. The van der Waals surface area contributed by atoms with Crippen molar-refractivity contribution in [3.05, 3.63) is 53.8 Å². The number of sulfonamides is 1. The van der Waals surface area contributed by atoms with Gasteiger partial charge in [0.05, 0.1) is 4.90 Å². The number of aryl methyl sites for hydroxylation is 1. The molecule has 0 aliphatic heterocycles. The van der Waals surface area contributed by atoms with Gasteiger partial charge in [-0.2, -0.15) is 0 Å². The van der Waals surface area contributed by atoms with Crippen LogP contribution >= 0.6 is 0 Å². The van der Waals surface area contributed by atoms with Crippen LogP contribution in [-0.4, -0.2) is 20.0 Å². The number of hydrogen-bond donors (Lipinski definition) is 1. The summed E-state index contributed by atoms with van der Waals surface area (Å²) in [6.07, 6.45) is 3.05. The summed E-state index contributed by atoms with van der Waals surface area (Å²) in [5.74, 6) is 0.317. The Hall–Kier alpha value is -2.45. The lowest BCUT2D eigenvalue weighted by molar-refractivity contribution is -0.154. The average molecular weight is 438 g/mol. The first kappa shape index (κ1) is 23.8. The number of carbonyl (C=O) groups excluding carboxylic acids is 1. The number of ether oxygens (including phenoxy) is 2. The van der Waals surface area contributed by atoms with Crippen LogP contribution in [-0.2, 0) is 26.0 Å². The van der Waals surface area contributed by atoms with Crippen LogP contribution in [0.4, 0.5) is 4.39 Å². The predicted molar refractivity (Wildman–Crippen MR) is 112 cm³/mol. The molecule has 0 amide bonds. The molecule has 2 aromatic rings. The number of primary sulfonamides is 1. The van der Waals surface area contributed by atoms with E-state index in [1.807, 2.05) is 20.8 Å². The monoisotopic (exact) mass is 437 g/mol. The third kappa shape index (κ3) is 8.12. The van der Waals surface area contributed by atoms with E-state index in [0.29, 0.717) is 36.3 Å². The summed E-state index contributed by atoms with van der Waals surface area (Å²) in [6.45, 7) is 5.49. The molecule has 164 valence electrons. The minimum atomic E-state index is -3.77. The summed E-state index contributed by atoms with van der Waals surface area (Å²) in [4.78, 5) is 11.7. The summed E-state index contributed by atoms with van der Waals surface area (Å²) in [5.41, 5.74) is 0.0328. The zero-order chi connectivity index (χ0) is 22.4. The van der Waals surface area contributed by atoms with E-state index in [2.05, 4.69) is 0 Å². The van der Waals surface area contributed by atoms with Crippen LogP contribution in [0.25, 0.3) is 0 Å². The fraction of sp³-hybridized carbons (Fsp3) is 0.409. The standard InChI is InChI=1S/C22H28FNO5S/c1-22(2,3)29-21(25)8-6-4-5-7-16-15-18(11-14-20(16)23)28-17-9-12-19(13-10-17)30(24,26)27/h9-15H,4-8H2,1-3H3,(H2,24,26,27). The third-order valence-electron chi connectivity index (χ3n) is 4.15. The van der Waals surface area contributed by atoms with Gasteiger partial charge in [0, 0.05) is 6.42 Å². The number of halogens is 1. The van der Waals surface area contributed by atoms with Gasteiger partial charge in [-0.1, -0.05) is 6.42 Å². The second-order valence-corrected chi connectivity index (χ2v) is 9.58. The summed E-state index contributed by atoms with van der Waals surface area (Å²) in [5, 5.41) is 5.07. The van der Waals surface area contributed by atoms with Crippen LogP contribution in [0.5, 0.6) is 11.5 Å². The van der Waals surface area contributed by atoms with Gasteiger partial charge in [0.1, 0.15) is 22.9 Å². The molecule has 0 aliphatic carbocycles. The van der Waals surface area contributed by atoms with Crippen LogP contribution in [0.15, 0.2) is 47.4 Å². The molecule has 6 nitrogen and oxygen atoms in total. The highest BCUT2D eigenvalue weighted by Crippen LogP contribution is 2.25. The van der Waals surface area contributed by atoms with Crippen LogP contribution < -0.4 is 9.88 Å². The van der Waals surface area contributed by atoms with Gasteiger partial charge in [-0.3, -0.25) is 4.79 Å². The highest BCUT2D eigenvalue weighted by Gasteiger charge is 2.15. The van der Waals surface area contributed by atoms with Gasteiger partial charge < -0.3 is 9.47 Å². The number of unbranched alkanes of at least 4 members (excludes halogenated alkanes) is 2.